The number of para-hydroxylation sites is 1. The molecule has 4 nitrogen and oxygen atoms in total. The lowest BCUT2D eigenvalue weighted by Crippen LogP contribution is -2.23. The van der Waals surface area contributed by atoms with Gasteiger partial charge in [-0.2, -0.15) is 5.10 Å². The molecule has 0 atom stereocenters. The Balaban J connectivity index is 1.70. The first-order chi connectivity index (χ1) is 14.1. The van der Waals surface area contributed by atoms with Gasteiger partial charge in [0.15, 0.2) is 0 Å². The van der Waals surface area contributed by atoms with Crippen LogP contribution in [0.2, 0.25) is 5.02 Å². The summed E-state index contributed by atoms with van der Waals surface area (Å²) in [5.74, 6) is 0.222. The van der Waals surface area contributed by atoms with E-state index in [2.05, 4.69) is 10.5 Å². The summed E-state index contributed by atoms with van der Waals surface area (Å²) in [6.07, 6.45) is 6.06. The smallest absolute Gasteiger partial charge is 0.267 e. The van der Waals surface area contributed by atoms with Gasteiger partial charge in [0, 0.05) is 16.7 Å². The summed E-state index contributed by atoms with van der Waals surface area (Å²) in [7, 11) is 0. The molecular weight excluding hydrogens is 382 g/mol. The maximum atomic E-state index is 13.1. The van der Waals surface area contributed by atoms with E-state index in [1.165, 1.54) is 19.3 Å². The van der Waals surface area contributed by atoms with Crippen LogP contribution in [0.25, 0.3) is 22.2 Å². The fourth-order valence-corrected chi connectivity index (χ4v) is 4.19. The number of nitrogens with zero attached hydrogens (tertiary/aromatic N) is 2. The van der Waals surface area contributed by atoms with Gasteiger partial charge in [-0.25, -0.2) is 10.4 Å². The maximum absolute atomic E-state index is 13.1. The highest BCUT2D eigenvalue weighted by atomic mass is 35.5. The average Bonchev–Trinajstić information content (AvgIpc) is 2.78. The summed E-state index contributed by atoms with van der Waals surface area (Å²) >= 11 is 6.40. The van der Waals surface area contributed by atoms with Gasteiger partial charge in [-0.05, 0) is 37.8 Å². The molecule has 2 aromatic carbocycles. The lowest BCUT2D eigenvalue weighted by molar-refractivity contribution is 0.0956. The van der Waals surface area contributed by atoms with Crippen LogP contribution in [0.1, 0.15) is 49.4 Å². The molecule has 1 saturated carbocycles. The molecule has 1 aliphatic rings. The summed E-state index contributed by atoms with van der Waals surface area (Å²) in [6.45, 7) is 2.01. The number of hydrogen-bond acceptors (Lipinski definition) is 3. The van der Waals surface area contributed by atoms with Gasteiger partial charge in [0.2, 0.25) is 0 Å². The molecule has 5 heteroatoms. The zero-order chi connectivity index (χ0) is 20.2. The standard InChI is InChI=1S/C24H24ClN3O/c1-16(17-9-4-2-5-10-17)27-28-24(29)20-15-22(18-11-6-3-7-12-18)26-23-19(20)13-8-14-21(23)25/h3,6-8,11-15,17H,2,4-5,9-10H2,1H3,(H,28,29)/b27-16+. The molecule has 1 heterocycles. The molecule has 4 rings (SSSR count). The third kappa shape index (κ3) is 4.33. The Morgan fingerprint density at radius 1 is 1.07 bits per heavy atom. The number of rotatable bonds is 4. The van der Waals surface area contributed by atoms with Gasteiger partial charge in [0.25, 0.3) is 5.91 Å². The number of benzene rings is 2. The Morgan fingerprint density at radius 3 is 2.59 bits per heavy atom. The lowest BCUT2D eigenvalue weighted by atomic mass is 9.86. The zero-order valence-electron chi connectivity index (χ0n) is 16.5. The predicted molar refractivity (Wildman–Crippen MR) is 119 cm³/mol. The van der Waals surface area contributed by atoms with E-state index >= 15 is 0 Å². The molecule has 0 saturated heterocycles. The number of hydrogen-bond donors (Lipinski definition) is 1. The zero-order valence-corrected chi connectivity index (χ0v) is 17.2. The molecule has 1 amide bonds. The van der Waals surface area contributed by atoms with Gasteiger partial charge in [0.05, 0.1) is 21.8 Å². The van der Waals surface area contributed by atoms with Gasteiger partial charge in [0.1, 0.15) is 0 Å². The van der Waals surface area contributed by atoms with Crippen LogP contribution in [0.5, 0.6) is 0 Å². The largest absolute Gasteiger partial charge is 0.272 e. The molecule has 3 aromatic rings. The van der Waals surface area contributed by atoms with E-state index in [9.17, 15) is 4.79 Å². The normalized spacial score (nSPS) is 15.4. The molecule has 0 unspecified atom stereocenters. The van der Waals surface area contributed by atoms with Crippen LogP contribution >= 0.6 is 11.6 Å². The number of aromatic nitrogens is 1. The van der Waals surface area contributed by atoms with Crippen molar-refractivity contribution in [2.24, 2.45) is 11.0 Å². The third-order valence-corrected chi connectivity index (χ3v) is 5.94. The molecule has 29 heavy (non-hydrogen) atoms. The second-order valence-electron chi connectivity index (χ2n) is 7.59. The molecule has 1 fully saturated rings. The molecular formula is C24H24ClN3O. The number of hydrazone groups is 1. The number of carbonyl (C=O) groups excluding carboxylic acids is 1. The van der Waals surface area contributed by atoms with E-state index in [4.69, 9.17) is 16.6 Å². The Hall–Kier alpha value is -2.72. The van der Waals surface area contributed by atoms with Gasteiger partial charge < -0.3 is 0 Å². The summed E-state index contributed by atoms with van der Waals surface area (Å²) in [5, 5.41) is 5.67. The molecule has 0 bridgehead atoms. The Kier molecular flexibility index (Phi) is 5.91. The van der Waals surface area contributed by atoms with E-state index in [-0.39, 0.29) is 5.91 Å². The average molecular weight is 406 g/mol. The minimum absolute atomic E-state index is 0.244. The highest BCUT2D eigenvalue weighted by molar-refractivity contribution is 6.35. The van der Waals surface area contributed by atoms with Crippen molar-refractivity contribution in [3.05, 3.63) is 65.2 Å². The number of fused-ring (bicyclic) bond motifs is 1. The molecule has 148 valence electrons. The Morgan fingerprint density at radius 2 is 1.83 bits per heavy atom. The number of halogens is 1. The maximum Gasteiger partial charge on any atom is 0.272 e. The molecule has 0 spiro atoms. The van der Waals surface area contributed by atoms with Crippen LogP contribution < -0.4 is 5.43 Å². The van der Waals surface area contributed by atoms with Gasteiger partial charge in [-0.3, -0.25) is 4.79 Å². The van der Waals surface area contributed by atoms with E-state index in [1.54, 1.807) is 6.07 Å². The van der Waals surface area contributed by atoms with Crippen molar-refractivity contribution in [2.45, 2.75) is 39.0 Å². The molecule has 1 aromatic heterocycles. The number of pyridine rings is 1. The lowest BCUT2D eigenvalue weighted by Gasteiger charge is -2.21. The molecule has 0 radical (unpaired) electrons. The van der Waals surface area contributed by atoms with Gasteiger partial charge in [-0.1, -0.05) is 73.3 Å². The number of nitrogens with one attached hydrogen (secondary N) is 1. The van der Waals surface area contributed by atoms with Crippen LogP contribution in [0.15, 0.2) is 59.7 Å². The molecule has 1 N–H and O–H groups in total. The second-order valence-corrected chi connectivity index (χ2v) is 7.99. The number of carbonyl (C=O) groups is 1. The summed E-state index contributed by atoms with van der Waals surface area (Å²) in [6, 6.07) is 17.1. The van der Waals surface area contributed by atoms with Crippen molar-refractivity contribution in [3.63, 3.8) is 0 Å². The topological polar surface area (TPSA) is 54.4 Å². The summed E-state index contributed by atoms with van der Waals surface area (Å²) < 4.78 is 0. The van der Waals surface area contributed by atoms with E-state index in [0.717, 1.165) is 29.5 Å². The SMILES string of the molecule is C/C(=N\NC(=O)c1cc(-c2ccccc2)nc2c(Cl)cccc12)C1CCCCC1. The van der Waals surface area contributed by atoms with Gasteiger partial charge in [-0.15, -0.1) is 0 Å². The summed E-state index contributed by atoms with van der Waals surface area (Å²) in [4.78, 5) is 17.8. The van der Waals surface area contributed by atoms with Crippen molar-refractivity contribution in [1.29, 1.82) is 0 Å². The minimum Gasteiger partial charge on any atom is -0.267 e. The van der Waals surface area contributed by atoms with Crippen LogP contribution in [-0.4, -0.2) is 16.6 Å². The molecule has 1 aliphatic carbocycles. The van der Waals surface area contributed by atoms with Crippen molar-refractivity contribution >= 4 is 34.1 Å². The van der Waals surface area contributed by atoms with Crippen molar-refractivity contribution < 1.29 is 4.79 Å². The fourth-order valence-electron chi connectivity index (χ4n) is 3.97. The minimum atomic E-state index is -0.244. The van der Waals surface area contributed by atoms with Crippen LogP contribution in [0.3, 0.4) is 0 Å². The van der Waals surface area contributed by atoms with Crippen molar-refractivity contribution in [1.82, 2.24) is 10.4 Å². The van der Waals surface area contributed by atoms with E-state index < -0.39 is 0 Å². The van der Waals surface area contributed by atoms with Crippen LogP contribution in [0.4, 0.5) is 0 Å². The van der Waals surface area contributed by atoms with Crippen LogP contribution in [-0.2, 0) is 0 Å². The monoisotopic (exact) mass is 405 g/mol. The Bertz CT molecular complexity index is 1060. The second kappa shape index (κ2) is 8.75. The first-order valence-electron chi connectivity index (χ1n) is 10.1. The van der Waals surface area contributed by atoms with Crippen molar-refractivity contribution in [3.8, 4) is 11.3 Å². The number of amides is 1. The highest BCUT2D eigenvalue weighted by Gasteiger charge is 2.18. The summed E-state index contributed by atoms with van der Waals surface area (Å²) in [5.41, 5.74) is 6.55. The van der Waals surface area contributed by atoms with Gasteiger partial charge >= 0.3 is 0 Å². The van der Waals surface area contributed by atoms with Crippen LogP contribution in [0, 0.1) is 5.92 Å². The highest BCUT2D eigenvalue weighted by Crippen LogP contribution is 2.29. The van der Waals surface area contributed by atoms with E-state index in [0.29, 0.717) is 27.7 Å². The quantitative estimate of drug-likeness (QED) is 0.412. The van der Waals surface area contributed by atoms with Crippen molar-refractivity contribution in [2.75, 3.05) is 0 Å². The first-order valence-corrected chi connectivity index (χ1v) is 10.5. The van der Waals surface area contributed by atoms with E-state index in [1.807, 2.05) is 55.5 Å². The predicted octanol–water partition coefficient (Wildman–Crippen LogP) is 6.24. The molecule has 0 aliphatic heterocycles. The Labute approximate surface area is 176 Å². The fraction of sp³-hybridized carbons (Fsp3) is 0.292. The third-order valence-electron chi connectivity index (χ3n) is 5.63. The first kappa shape index (κ1) is 19.6.